The number of carbonyl (C=O) groups is 1. The van der Waals surface area contributed by atoms with Crippen LogP contribution in [0.2, 0.25) is 0 Å². The molecular weight excluding hydrogens is 254 g/mol. The summed E-state index contributed by atoms with van der Waals surface area (Å²) in [6.07, 6.45) is 4.64. The van der Waals surface area contributed by atoms with Gasteiger partial charge in [0.05, 0.1) is 11.1 Å². The van der Waals surface area contributed by atoms with Crippen LogP contribution in [0.1, 0.15) is 15.9 Å². The highest BCUT2D eigenvalue weighted by atomic mass is 16.1. The van der Waals surface area contributed by atoms with Crippen LogP contribution in [0.25, 0.3) is 0 Å². The lowest BCUT2D eigenvalue weighted by Crippen LogP contribution is -2.28. The minimum atomic E-state index is -0.160. The van der Waals surface area contributed by atoms with Crippen molar-refractivity contribution in [2.45, 2.75) is 0 Å². The number of amides is 1. The minimum absolute atomic E-state index is 0.160. The smallest absolute Gasteiger partial charge is 0.252 e. The van der Waals surface area contributed by atoms with Crippen molar-refractivity contribution >= 4 is 11.7 Å². The molecule has 0 saturated heterocycles. The first-order valence-corrected chi connectivity index (χ1v) is 6.08. The van der Waals surface area contributed by atoms with Crippen LogP contribution >= 0.6 is 0 Å². The molecule has 6 nitrogen and oxygen atoms in total. The molecule has 2 heterocycles. The van der Waals surface area contributed by atoms with Gasteiger partial charge in [0.25, 0.3) is 5.91 Å². The van der Waals surface area contributed by atoms with E-state index in [9.17, 15) is 4.79 Å². The van der Waals surface area contributed by atoms with E-state index >= 15 is 0 Å². The third-order valence-corrected chi connectivity index (χ3v) is 2.53. The maximum absolute atomic E-state index is 11.7. The number of carbonyl (C=O) groups excluding carboxylic acids is 1. The predicted octanol–water partition coefficient (Wildman–Crippen LogP) is 1.19. The number of hydrogen-bond acceptors (Lipinski definition) is 5. The summed E-state index contributed by atoms with van der Waals surface area (Å²) in [4.78, 5) is 19.7. The fourth-order valence-corrected chi connectivity index (χ4v) is 1.53. The van der Waals surface area contributed by atoms with Crippen LogP contribution in [-0.4, -0.2) is 29.0 Å². The Morgan fingerprint density at radius 2 is 2.15 bits per heavy atom. The first-order valence-electron chi connectivity index (χ1n) is 6.08. The Labute approximate surface area is 116 Å². The average Bonchev–Trinajstić information content (AvgIpc) is 2.53. The van der Waals surface area contributed by atoms with Crippen LogP contribution in [-0.2, 0) is 0 Å². The molecule has 1 amide bonds. The van der Waals surface area contributed by atoms with Gasteiger partial charge in [-0.1, -0.05) is 0 Å². The molecule has 0 atom stereocenters. The third kappa shape index (κ3) is 3.78. The van der Waals surface area contributed by atoms with E-state index in [4.69, 9.17) is 5.26 Å². The molecule has 0 aliphatic carbocycles. The SMILES string of the molecule is N#Cc1ccc(NCCNC(=O)c2cccnc2)nc1. The second-order valence-corrected chi connectivity index (χ2v) is 3.97. The Bertz CT molecular complexity index is 604. The largest absolute Gasteiger partial charge is 0.368 e. The molecule has 0 fully saturated rings. The average molecular weight is 267 g/mol. The molecule has 0 bridgehead atoms. The van der Waals surface area contributed by atoms with Crippen LogP contribution in [0.3, 0.4) is 0 Å². The van der Waals surface area contributed by atoms with E-state index in [0.29, 0.717) is 30.0 Å². The normalized spacial score (nSPS) is 9.55. The number of rotatable bonds is 5. The number of anilines is 1. The van der Waals surface area contributed by atoms with Gasteiger partial charge in [0.2, 0.25) is 0 Å². The molecule has 0 aromatic carbocycles. The van der Waals surface area contributed by atoms with Crippen molar-refractivity contribution in [3.8, 4) is 6.07 Å². The van der Waals surface area contributed by atoms with Gasteiger partial charge in [-0.25, -0.2) is 4.98 Å². The Morgan fingerprint density at radius 3 is 2.80 bits per heavy atom. The van der Waals surface area contributed by atoms with Gasteiger partial charge in [0.15, 0.2) is 0 Å². The number of nitrogens with one attached hydrogen (secondary N) is 2. The molecular formula is C14H13N5O. The molecule has 0 saturated carbocycles. The van der Waals surface area contributed by atoms with Crippen LogP contribution in [0.4, 0.5) is 5.82 Å². The first-order chi connectivity index (χ1) is 9.79. The minimum Gasteiger partial charge on any atom is -0.368 e. The van der Waals surface area contributed by atoms with Gasteiger partial charge in [-0.15, -0.1) is 0 Å². The van der Waals surface area contributed by atoms with Crippen molar-refractivity contribution in [2.24, 2.45) is 0 Å². The van der Waals surface area contributed by atoms with E-state index in [0.717, 1.165) is 0 Å². The van der Waals surface area contributed by atoms with Gasteiger partial charge in [0.1, 0.15) is 11.9 Å². The molecule has 0 radical (unpaired) electrons. The summed E-state index contributed by atoms with van der Waals surface area (Å²) in [6, 6.07) is 8.83. The van der Waals surface area contributed by atoms with Gasteiger partial charge >= 0.3 is 0 Å². The topological polar surface area (TPSA) is 90.7 Å². The molecule has 0 unspecified atom stereocenters. The van der Waals surface area contributed by atoms with Gasteiger partial charge < -0.3 is 10.6 Å². The maximum Gasteiger partial charge on any atom is 0.252 e. The first kappa shape index (κ1) is 13.5. The van der Waals surface area contributed by atoms with Crippen LogP contribution in [0, 0.1) is 11.3 Å². The van der Waals surface area contributed by atoms with E-state index in [1.807, 2.05) is 6.07 Å². The number of nitrogens with zero attached hydrogens (tertiary/aromatic N) is 3. The molecule has 0 aliphatic heterocycles. The molecule has 100 valence electrons. The molecule has 20 heavy (non-hydrogen) atoms. The summed E-state index contributed by atoms with van der Waals surface area (Å²) < 4.78 is 0. The van der Waals surface area contributed by atoms with Gasteiger partial charge in [-0.2, -0.15) is 5.26 Å². The van der Waals surface area contributed by atoms with Crippen molar-refractivity contribution in [1.82, 2.24) is 15.3 Å². The lowest BCUT2D eigenvalue weighted by atomic mass is 10.3. The summed E-state index contributed by atoms with van der Waals surface area (Å²) in [5.41, 5.74) is 1.05. The summed E-state index contributed by atoms with van der Waals surface area (Å²) >= 11 is 0. The second-order valence-electron chi connectivity index (χ2n) is 3.97. The summed E-state index contributed by atoms with van der Waals surface area (Å²) in [6.45, 7) is 1.01. The van der Waals surface area contributed by atoms with Crippen LogP contribution in [0.5, 0.6) is 0 Å². The highest BCUT2D eigenvalue weighted by Gasteiger charge is 2.03. The Kier molecular flexibility index (Phi) is 4.62. The number of nitriles is 1. The summed E-state index contributed by atoms with van der Waals surface area (Å²) in [7, 11) is 0. The van der Waals surface area contributed by atoms with E-state index in [1.165, 1.54) is 12.4 Å². The fourth-order valence-electron chi connectivity index (χ4n) is 1.53. The van der Waals surface area contributed by atoms with Crippen molar-refractivity contribution in [3.05, 3.63) is 54.0 Å². The molecule has 0 spiro atoms. The standard InChI is InChI=1S/C14H13N5O/c15-8-11-3-4-13(19-9-11)17-6-7-18-14(20)12-2-1-5-16-10-12/h1-5,9-10H,6-7H2,(H,17,19)(H,18,20). The Balaban J connectivity index is 1.74. The zero-order valence-electron chi connectivity index (χ0n) is 10.7. The molecule has 2 N–H and O–H groups in total. The number of pyridine rings is 2. The molecule has 2 rings (SSSR count). The molecule has 2 aromatic rings. The Hall–Kier alpha value is -2.94. The van der Waals surface area contributed by atoms with Gasteiger partial charge in [0, 0.05) is 31.7 Å². The van der Waals surface area contributed by atoms with Crippen molar-refractivity contribution in [2.75, 3.05) is 18.4 Å². The number of hydrogen-bond donors (Lipinski definition) is 2. The second kappa shape index (κ2) is 6.85. The third-order valence-electron chi connectivity index (χ3n) is 2.53. The predicted molar refractivity (Wildman–Crippen MR) is 74.0 cm³/mol. The van der Waals surface area contributed by atoms with E-state index in [-0.39, 0.29) is 5.91 Å². The lowest BCUT2D eigenvalue weighted by molar-refractivity contribution is 0.0955. The molecule has 2 aromatic heterocycles. The zero-order valence-corrected chi connectivity index (χ0v) is 10.7. The van der Waals surface area contributed by atoms with Gasteiger partial charge in [-0.3, -0.25) is 9.78 Å². The summed E-state index contributed by atoms with van der Waals surface area (Å²) in [5, 5.41) is 14.5. The van der Waals surface area contributed by atoms with Crippen molar-refractivity contribution in [3.63, 3.8) is 0 Å². The Morgan fingerprint density at radius 1 is 1.25 bits per heavy atom. The van der Waals surface area contributed by atoms with Crippen molar-refractivity contribution < 1.29 is 4.79 Å². The highest BCUT2D eigenvalue weighted by Crippen LogP contribution is 2.03. The van der Waals surface area contributed by atoms with Crippen LogP contribution in [0.15, 0.2) is 42.9 Å². The highest BCUT2D eigenvalue weighted by molar-refractivity contribution is 5.93. The molecule has 6 heteroatoms. The maximum atomic E-state index is 11.7. The van der Waals surface area contributed by atoms with E-state index < -0.39 is 0 Å². The van der Waals surface area contributed by atoms with E-state index in [2.05, 4.69) is 20.6 Å². The van der Waals surface area contributed by atoms with Crippen LogP contribution < -0.4 is 10.6 Å². The van der Waals surface area contributed by atoms with Gasteiger partial charge in [-0.05, 0) is 24.3 Å². The van der Waals surface area contributed by atoms with Crippen molar-refractivity contribution in [1.29, 1.82) is 5.26 Å². The number of aromatic nitrogens is 2. The monoisotopic (exact) mass is 267 g/mol. The summed E-state index contributed by atoms with van der Waals surface area (Å²) in [5.74, 6) is 0.507. The lowest BCUT2D eigenvalue weighted by Gasteiger charge is -2.07. The zero-order chi connectivity index (χ0) is 14.2. The van der Waals surface area contributed by atoms with E-state index in [1.54, 1.807) is 30.5 Å². The quantitative estimate of drug-likeness (QED) is 0.794. The molecule has 0 aliphatic rings. The fraction of sp³-hybridized carbons (Fsp3) is 0.143.